The topological polar surface area (TPSA) is 101 Å². The number of hydrogen-bond donors (Lipinski definition) is 2. The van der Waals surface area contributed by atoms with E-state index in [2.05, 4.69) is 20.6 Å². The third kappa shape index (κ3) is 3.03. The predicted molar refractivity (Wildman–Crippen MR) is 102 cm³/mol. The second-order valence-corrected chi connectivity index (χ2v) is 6.31. The van der Waals surface area contributed by atoms with Crippen LogP contribution in [0.3, 0.4) is 0 Å². The number of ether oxygens (including phenoxy) is 1. The van der Waals surface area contributed by atoms with Gasteiger partial charge in [-0.1, -0.05) is 6.07 Å². The van der Waals surface area contributed by atoms with E-state index < -0.39 is 0 Å². The molecular weight excluding hydrogens is 346 g/mol. The van der Waals surface area contributed by atoms with Gasteiger partial charge in [0, 0.05) is 25.7 Å². The van der Waals surface area contributed by atoms with Crippen molar-refractivity contribution in [1.82, 2.24) is 29.9 Å². The third-order valence-corrected chi connectivity index (χ3v) is 4.29. The van der Waals surface area contributed by atoms with Crippen LogP contribution < -0.4 is 10.1 Å². The lowest BCUT2D eigenvalue weighted by Gasteiger charge is -2.10. The number of anilines is 2. The van der Waals surface area contributed by atoms with Crippen molar-refractivity contribution < 1.29 is 9.53 Å². The first kappa shape index (κ1) is 16.8. The molecule has 0 spiro atoms. The van der Waals surface area contributed by atoms with Crippen LogP contribution in [0.25, 0.3) is 21.8 Å². The first-order valence-electron chi connectivity index (χ1n) is 8.36. The van der Waals surface area contributed by atoms with Crippen molar-refractivity contribution in [2.24, 2.45) is 0 Å². The number of likely N-dealkylation sites (N-methyl/N-ethyl adjacent to an activating group) is 1. The third-order valence-electron chi connectivity index (χ3n) is 4.29. The van der Waals surface area contributed by atoms with E-state index in [1.54, 1.807) is 44.5 Å². The van der Waals surface area contributed by atoms with E-state index >= 15 is 0 Å². The van der Waals surface area contributed by atoms with Crippen molar-refractivity contribution in [3.8, 4) is 5.75 Å². The summed E-state index contributed by atoms with van der Waals surface area (Å²) in [5.74, 6) is 1.34. The summed E-state index contributed by atoms with van der Waals surface area (Å²) in [4.78, 5) is 18.1. The molecule has 0 fully saturated rings. The van der Waals surface area contributed by atoms with Crippen LogP contribution in [-0.4, -0.2) is 57.0 Å². The summed E-state index contributed by atoms with van der Waals surface area (Å²) in [6, 6.07) is 5.72. The van der Waals surface area contributed by atoms with Gasteiger partial charge in [0.05, 0.1) is 36.1 Å². The molecule has 0 atom stereocenters. The Labute approximate surface area is 154 Å². The van der Waals surface area contributed by atoms with E-state index in [1.165, 1.54) is 4.90 Å². The molecule has 3 heterocycles. The lowest BCUT2D eigenvalue weighted by Crippen LogP contribution is -2.26. The fourth-order valence-electron chi connectivity index (χ4n) is 2.91. The van der Waals surface area contributed by atoms with Gasteiger partial charge in [-0.15, -0.1) is 0 Å². The Hall–Kier alpha value is -3.62. The van der Waals surface area contributed by atoms with Gasteiger partial charge in [0.25, 0.3) is 0 Å². The van der Waals surface area contributed by atoms with Crippen molar-refractivity contribution in [1.29, 1.82) is 0 Å². The summed E-state index contributed by atoms with van der Waals surface area (Å²) in [7, 11) is 5.07. The summed E-state index contributed by atoms with van der Waals surface area (Å²) in [5.41, 5.74) is 2.29. The predicted octanol–water partition coefficient (Wildman–Crippen LogP) is 2.15. The van der Waals surface area contributed by atoms with Crippen LogP contribution in [0.4, 0.5) is 11.5 Å². The number of carbonyl (C=O) groups excluding carboxylic acids is 1. The molecule has 0 bridgehead atoms. The summed E-state index contributed by atoms with van der Waals surface area (Å²) >= 11 is 0. The fourth-order valence-corrected chi connectivity index (χ4v) is 2.91. The Morgan fingerprint density at radius 3 is 2.96 bits per heavy atom. The minimum absolute atomic E-state index is 0.0310. The number of hydrogen-bond acceptors (Lipinski definition) is 6. The number of amides is 1. The number of aromatic nitrogens is 5. The lowest BCUT2D eigenvalue weighted by molar-refractivity contribution is -0.129. The number of carbonyl (C=O) groups is 1. The first-order chi connectivity index (χ1) is 13.1. The maximum atomic E-state index is 11.8. The molecule has 9 heteroatoms. The highest BCUT2D eigenvalue weighted by Crippen LogP contribution is 2.34. The monoisotopic (exact) mass is 365 g/mol. The summed E-state index contributed by atoms with van der Waals surface area (Å²) < 4.78 is 7.05. The molecule has 0 saturated carbocycles. The van der Waals surface area contributed by atoms with Crippen molar-refractivity contribution in [3.63, 3.8) is 0 Å². The molecule has 3 aromatic heterocycles. The van der Waals surface area contributed by atoms with Crippen LogP contribution in [0.15, 0.2) is 36.8 Å². The Balaban J connectivity index is 1.71. The maximum Gasteiger partial charge on any atom is 0.243 e. The van der Waals surface area contributed by atoms with Gasteiger partial charge in [0.2, 0.25) is 5.91 Å². The summed E-state index contributed by atoms with van der Waals surface area (Å²) in [6.45, 7) is 0.177. The van der Waals surface area contributed by atoms with E-state index in [-0.39, 0.29) is 12.5 Å². The van der Waals surface area contributed by atoms with E-state index in [0.717, 1.165) is 33.2 Å². The van der Waals surface area contributed by atoms with Crippen molar-refractivity contribution >= 4 is 39.2 Å². The molecule has 27 heavy (non-hydrogen) atoms. The average molecular weight is 365 g/mol. The Bertz CT molecular complexity index is 1130. The van der Waals surface area contributed by atoms with Crippen LogP contribution in [0.1, 0.15) is 0 Å². The minimum Gasteiger partial charge on any atom is -0.496 e. The number of fused-ring (bicyclic) bond motifs is 3. The highest BCUT2D eigenvalue weighted by molar-refractivity contribution is 6.11. The molecular formula is C18H19N7O2. The summed E-state index contributed by atoms with van der Waals surface area (Å²) in [6.07, 6.45) is 5.18. The molecule has 1 aromatic carbocycles. The quantitative estimate of drug-likeness (QED) is 0.562. The lowest BCUT2D eigenvalue weighted by atomic mass is 10.1. The van der Waals surface area contributed by atoms with Gasteiger partial charge in [-0.2, -0.15) is 10.2 Å². The van der Waals surface area contributed by atoms with Gasteiger partial charge in [0.1, 0.15) is 17.8 Å². The second kappa shape index (κ2) is 6.60. The van der Waals surface area contributed by atoms with E-state index in [4.69, 9.17) is 9.72 Å². The zero-order chi connectivity index (χ0) is 19.0. The van der Waals surface area contributed by atoms with Gasteiger partial charge >= 0.3 is 0 Å². The number of rotatable bonds is 5. The number of methoxy groups -OCH3 is 1. The molecule has 4 aromatic rings. The number of pyridine rings is 1. The van der Waals surface area contributed by atoms with E-state index in [1.807, 2.05) is 18.2 Å². The van der Waals surface area contributed by atoms with Gasteiger partial charge in [-0.05, 0) is 12.1 Å². The molecule has 9 nitrogen and oxygen atoms in total. The number of benzene rings is 1. The van der Waals surface area contributed by atoms with E-state index in [9.17, 15) is 4.79 Å². The molecule has 2 N–H and O–H groups in total. The van der Waals surface area contributed by atoms with Gasteiger partial charge in [-0.25, -0.2) is 4.98 Å². The van der Waals surface area contributed by atoms with Crippen LogP contribution in [0, 0.1) is 0 Å². The van der Waals surface area contributed by atoms with Crippen molar-refractivity contribution in [2.45, 2.75) is 6.54 Å². The number of nitrogens with zero attached hydrogens (tertiary/aromatic N) is 5. The van der Waals surface area contributed by atoms with Gasteiger partial charge < -0.3 is 15.0 Å². The fraction of sp³-hybridized carbons (Fsp3) is 0.222. The second-order valence-electron chi connectivity index (χ2n) is 6.31. The van der Waals surface area contributed by atoms with Crippen LogP contribution in [0.2, 0.25) is 0 Å². The molecule has 0 aliphatic carbocycles. The van der Waals surface area contributed by atoms with Crippen LogP contribution in [-0.2, 0) is 11.3 Å². The van der Waals surface area contributed by atoms with Crippen molar-refractivity contribution in [2.75, 3.05) is 26.5 Å². The molecule has 138 valence electrons. The molecule has 1 amide bonds. The minimum atomic E-state index is -0.0310. The number of aromatic amines is 1. The Morgan fingerprint density at radius 1 is 1.33 bits per heavy atom. The molecule has 0 saturated heterocycles. The Kier molecular flexibility index (Phi) is 4.11. The Morgan fingerprint density at radius 2 is 2.19 bits per heavy atom. The van der Waals surface area contributed by atoms with Gasteiger partial charge in [-0.3, -0.25) is 14.6 Å². The van der Waals surface area contributed by atoms with Gasteiger partial charge in [0.15, 0.2) is 5.82 Å². The maximum absolute atomic E-state index is 11.8. The highest BCUT2D eigenvalue weighted by Gasteiger charge is 2.14. The normalized spacial score (nSPS) is 11.1. The van der Waals surface area contributed by atoms with E-state index in [0.29, 0.717) is 5.82 Å². The molecule has 0 radical (unpaired) electrons. The highest BCUT2D eigenvalue weighted by atomic mass is 16.5. The molecule has 4 rings (SSSR count). The van der Waals surface area contributed by atoms with Crippen LogP contribution in [0.5, 0.6) is 5.75 Å². The number of nitrogens with one attached hydrogen (secondary N) is 2. The zero-order valence-corrected chi connectivity index (χ0v) is 15.2. The summed E-state index contributed by atoms with van der Waals surface area (Å²) in [5, 5.41) is 16.4. The zero-order valence-electron chi connectivity index (χ0n) is 15.2. The largest absolute Gasteiger partial charge is 0.496 e. The van der Waals surface area contributed by atoms with Crippen molar-refractivity contribution in [3.05, 3.63) is 36.8 Å². The SMILES string of the molecule is COc1cccc2nc(Nc3cnn(CC(=O)N(C)C)c3)c3[nH]ncc3c12. The molecule has 0 unspecified atom stereocenters. The number of H-pyrrole nitrogens is 1. The molecule has 0 aliphatic rings. The molecule has 0 aliphatic heterocycles. The smallest absolute Gasteiger partial charge is 0.243 e. The van der Waals surface area contributed by atoms with Crippen LogP contribution >= 0.6 is 0 Å². The average Bonchev–Trinajstić information content (AvgIpc) is 3.30. The first-order valence-corrected chi connectivity index (χ1v) is 8.36. The standard InChI is InChI=1S/C18H19N7O2/c1-24(2)15(26)10-25-9-11(7-20-25)21-18-17-12(8-19-23-17)16-13(22-18)5-4-6-14(16)27-3/h4-9H,10H2,1-3H3,(H,19,23)(H,21,22).